The Balaban J connectivity index is 2.70. The van der Waals surface area contributed by atoms with Crippen molar-refractivity contribution in [3.05, 3.63) is 29.8 Å². The highest BCUT2D eigenvalue weighted by Crippen LogP contribution is 2.20. The molecule has 0 saturated carbocycles. The zero-order valence-corrected chi connectivity index (χ0v) is 7.68. The molecular formula is C10H12F2O. The first kappa shape index (κ1) is 9.96. The van der Waals surface area contributed by atoms with E-state index in [0.29, 0.717) is 11.3 Å². The summed E-state index contributed by atoms with van der Waals surface area (Å²) in [5, 5.41) is 0. The molecule has 72 valence electrons. The standard InChI is InChI=1S/C10H12F2O/c1-10(11,12)7-8-3-5-9(13-2)6-4-8/h3-6H,7H2,1-2H3. The van der Waals surface area contributed by atoms with Crippen molar-refractivity contribution in [1.29, 1.82) is 0 Å². The van der Waals surface area contributed by atoms with Crippen LogP contribution in [0.4, 0.5) is 8.78 Å². The summed E-state index contributed by atoms with van der Waals surface area (Å²) in [6.07, 6.45) is -0.225. The molecule has 0 bridgehead atoms. The van der Waals surface area contributed by atoms with Crippen LogP contribution in [0.25, 0.3) is 0 Å². The van der Waals surface area contributed by atoms with Gasteiger partial charge in [0.25, 0.3) is 0 Å². The molecule has 0 aliphatic carbocycles. The summed E-state index contributed by atoms with van der Waals surface area (Å²) in [6.45, 7) is 0.914. The van der Waals surface area contributed by atoms with Crippen LogP contribution in [0.1, 0.15) is 12.5 Å². The van der Waals surface area contributed by atoms with E-state index < -0.39 is 5.92 Å². The molecule has 0 spiro atoms. The molecule has 0 radical (unpaired) electrons. The van der Waals surface area contributed by atoms with Crippen molar-refractivity contribution in [3.63, 3.8) is 0 Å². The summed E-state index contributed by atoms with van der Waals surface area (Å²) in [4.78, 5) is 0. The summed E-state index contributed by atoms with van der Waals surface area (Å²) in [6, 6.07) is 6.66. The van der Waals surface area contributed by atoms with Crippen LogP contribution in [0.2, 0.25) is 0 Å². The van der Waals surface area contributed by atoms with Gasteiger partial charge in [-0.2, -0.15) is 0 Å². The monoisotopic (exact) mass is 186 g/mol. The maximum atomic E-state index is 12.6. The summed E-state index contributed by atoms with van der Waals surface area (Å²) >= 11 is 0. The number of hydrogen-bond donors (Lipinski definition) is 0. The SMILES string of the molecule is COc1ccc(CC(C)(F)F)cc1. The van der Waals surface area contributed by atoms with Gasteiger partial charge in [-0.05, 0) is 24.6 Å². The lowest BCUT2D eigenvalue weighted by atomic mass is 10.1. The Hall–Kier alpha value is -1.12. The molecule has 0 unspecified atom stereocenters. The topological polar surface area (TPSA) is 9.23 Å². The number of methoxy groups -OCH3 is 1. The Bertz CT molecular complexity index is 261. The second-order valence-electron chi connectivity index (χ2n) is 3.10. The van der Waals surface area contributed by atoms with E-state index in [4.69, 9.17) is 4.74 Å². The summed E-state index contributed by atoms with van der Waals surface area (Å²) in [5.74, 6) is -1.96. The summed E-state index contributed by atoms with van der Waals surface area (Å²) in [5.41, 5.74) is 0.619. The normalized spacial score (nSPS) is 11.4. The minimum Gasteiger partial charge on any atom is -0.497 e. The lowest BCUT2D eigenvalue weighted by Crippen LogP contribution is -2.13. The fourth-order valence-corrected chi connectivity index (χ4v) is 1.10. The van der Waals surface area contributed by atoms with Crippen LogP contribution in [-0.2, 0) is 6.42 Å². The zero-order chi connectivity index (χ0) is 9.90. The predicted molar refractivity (Wildman–Crippen MR) is 47.3 cm³/mol. The number of halogens is 2. The van der Waals surface area contributed by atoms with Gasteiger partial charge in [0, 0.05) is 6.42 Å². The van der Waals surface area contributed by atoms with Crippen molar-refractivity contribution < 1.29 is 13.5 Å². The number of hydrogen-bond acceptors (Lipinski definition) is 1. The second kappa shape index (κ2) is 3.73. The van der Waals surface area contributed by atoms with Gasteiger partial charge in [-0.25, -0.2) is 8.78 Å². The van der Waals surface area contributed by atoms with Crippen molar-refractivity contribution in [2.45, 2.75) is 19.3 Å². The van der Waals surface area contributed by atoms with Gasteiger partial charge in [0.15, 0.2) is 0 Å². The van der Waals surface area contributed by atoms with E-state index in [1.54, 1.807) is 31.4 Å². The van der Waals surface area contributed by atoms with E-state index in [-0.39, 0.29) is 6.42 Å². The Labute approximate surface area is 76.3 Å². The molecule has 1 aromatic rings. The largest absolute Gasteiger partial charge is 0.497 e. The van der Waals surface area contributed by atoms with Crippen LogP contribution in [-0.4, -0.2) is 13.0 Å². The first-order valence-electron chi connectivity index (χ1n) is 4.02. The number of rotatable bonds is 3. The third-order valence-electron chi connectivity index (χ3n) is 1.67. The molecule has 0 amide bonds. The Morgan fingerprint density at radius 3 is 2.15 bits per heavy atom. The fraction of sp³-hybridized carbons (Fsp3) is 0.400. The van der Waals surface area contributed by atoms with Gasteiger partial charge in [-0.1, -0.05) is 12.1 Å². The highest BCUT2D eigenvalue weighted by atomic mass is 19.3. The molecule has 0 N–H and O–H groups in total. The van der Waals surface area contributed by atoms with Gasteiger partial charge in [0.05, 0.1) is 7.11 Å². The molecular weight excluding hydrogens is 174 g/mol. The molecule has 13 heavy (non-hydrogen) atoms. The molecule has 1 aromatic carbocycles. The van der Waals surface area contributed by atoms with Gasteiger partial charge in [-0.3, -0.25) is 0 Å². The lowest BCUT2D eigenvalue weighted by Gasteiger charge is -2.09. The third-order valence-corrected chi connectivity index (χ3v) is 1.67. The van der Waals surface area contributed by atoms with E-state index in [2.05, 4.69) is 0 Å². The van der Waals surface area contributed by atoms with Crippen LogP contribution in [0, 0.1) is 0 Å². The van der Waals surface area contributed by atoms with Gasteiger partial charge >= 0.3 is 0 Å². The van der Waals surface area contributed by atoms with Crippen LogP contribution < -0.4 is 4.74 Å². The van der Waals surface area contributed by atoms with E-state index in [0.717, 1.165) is 6.92 Å². The Morgan fingerprint density at radius 2 is 1.77 bits per heavy atom. The molecule has 1 rings (SSSR count). The highest BCUT2D eigenvalue weighted by molar-refractivity contribution is 5.27. The maximum Gasteiger partial charge on any atom is 0.249 e. The number of ether oxygens (including phenoxy) is 1. The Morgan fingerprint density at radius 1 is 1.23 bits per heavy atom. The van der Waals surface area contributed by atoms with Crippen molar-refractivity contribution >= 4 is 0 Å². The van der Waals surface area contributed by atoms with Crippen LogP contribution >= 0.6 is 0 Å². The number of benzene rings is 1. The smallest absolute Gasteiger partial charge is 0.249 e. The summed E-state index contributed by atoms with van der Waals surface area (Å²) in [7, 11) is 1.55. The Kier molecular flexibility index (Phi) is 2.86. The first-order valence-corrected chi connectivity index (χ1v) is 4.02. The minimum absolute atomic E-state index is 0.225. The first-order chi connectivity index (χ1) is 6.01. The van der Waals surface area contributed by atoms with Gasteiger partial charge < -0.3 is 4.74 Å². The van der Waals surface area contributed by atoms with Gasteiger partial charge in [0.2, 0.25) is 5.92 Å². The molecule has 3 heteroatoms. The van der Waals surface area contributed by atoms with Crippen molar-refractivity contribution in [1.82, 2.24) is 0 Å². The molecule has 0 aliphatic heterocycles. The molecule has 0 aliphatic rings. The third kappa shape index (κ3) is 3.40. The van der Waals surface area contributed by atoms with Crippen molar-refractivity contribution in [2.75, 3.05) is 7.11 Å². The minimum atomic E-state index is -2.64. The maximum absolute atomic E-state index is 12.6. The number of alkyl halides is 2. The van der Waals surface area contributed by atoms with E-state index >= 15 is 0 Å². The molecule has 0 fully saturated rings. The quantitative estimate of drug-likeness (QED) is 0.705. The average Bonchev–Trinajstić information content (AvgIpc) is 2.03. The molecule has 0 saturated heterocycles. The summed E-state index contributed by atoms with van der Waals surface area (Å²) < 4.78 is 30.0. The van der Waals surface area contributed by atoms with Gasteiger partial charge in [-0.15, -0.1) is 0 Å². The average molecular weight is 186 g/mol. The molecule has 1 nitrogen and oxygen atoms in total. The highest BCUT2D eigenvalue weighted by Gasteiger charge is 2.21. The second-order valence-corrected chi connectivity index (χ2v) is 3.10. The fourth-order valence-electron chi connectivity index (χ4n) is 1.10. The molecule has 0 aromatic heterocycles. The van der Waals surface area contributed by atoms with Crippen LogP contribution in [0.3, 0.4) is 0 Å². The van der Waals surface area contributed by atoms with Crippen molar-refractivity contribution in [2.24, 2.45) is 0 Å². The predicted octanol–water partition coefficient (Wildman–Crippen LogP) is 2.89. The van der Waals surface area contributed by atoms with E-state index in [9.17, 15) is 8.78 Å². The van der Waals surface area contributed by atoms with Crippen LogP contribution in [0.5, 0.6) is 5.75 Å². The van der Waals surface area contributed by atoms with E-state index in [1.807, 2.05) is 0 Å². The molecule has 0 atom stereocenters. The van der Waals surface area contributed by atoms with Crippen LogP contribution in [0.15, 0.2) is 24.3 Å². The lowest BCUT2D eigenvalue weighted by molar-refractivity contribution is 0.0226. The zero-order valence-electron chi connectivity index (χ0n) is 7.68. The van der Waals surface area contributed by atoms with Crippen molar-refractivity contribution in [3.8, 4) is 5.75 Å². The van der Waals surface area contributed by atoms with E-state index in [1.165, 1.54) is 0 Å². The van der Waals surface area contributed by atoms with Gasteiger partial charge in [0.1, 0.15) is 5.75 Å². The molecule has 0 heterocycles.